The lowest BCUT2D eigenvalue weighted by Crippen LogP contribution is -2.52. The third-order valence-corrected chi connectivity index (χ3v) is 6.54. The van der Waals surface area contributed by atoms with Gasteiger partial charge in [0, 0.05) is 42.5 Å². The summed E-state index contributed by atoms with van der Waals surface area (Å²) in [4.78, 5) is 31.3. The lowest BCUT2D eigenvalue weighted by molar-refractivity contribution is -0.157. The maximum Gasteiger partial charge on any atom is 0.321 e. The molecule has 3 aliphatic heterocycles. The number of hydrogen-bond donors (Lipinski definition) is 1. The number of aromatic amines is 1. The number of carbonyl (C=O) groups is 2. The molecule has 0 aliphatic carbocycles. The maximum atomic E-state index is 13.5. The highest BCUT2D eigenvalue weighted by molar-refractivity contribution is 5.91. The molecular weight excluding hydrogens is 368 g/mol. The van der Waals surface area contributed by atoms with Crippen LogP contribution in [0, 0.1) is 5.92 Å². The molecule has 0 radical (unpaired) electrons. The number of methoxy groups -OCH3 is 1. The van der Waals surface area contributed by atoms with E-state index >= 15 is 0 Å². The Kier molecular flexibility index (Phi) is 5.21. The number of ether oxygens (including phenoxy) is 2. The minimum absolute atomic E-state index is 0.0309. The Hall–Kier alpha value is -2.60. The van der Waals surface area contributed by atoms with Crippen LogP contribution in [0.4, 0.5) is 0 Å². The Labute approximate surface area is 170 Å². The van der Waals surface area contributed by atoms with Gasteiger partial charge in [0.05, 0.1) is 7.11 Å². The molecule has 0 amide bonds. The van der Waals surface area contributed by atoms with Crippen LogP contribution in [0.2, 0.25) is 0 Å². The van der Waals surface area contributed by atoms with E-state index in [2.05, 4.69) is 22.0 Å². The number of nitrogens with zero attached hydrogens (tertiary/aromatic N) is 1. The van der Waals surface area contributed by atoms with Crippen molar-refractivity contribution in [1.82, 2.24) is 9.88 Å². The molecule has 1 unspecified atom stereocenters. The number of aromatic nitrogens is 1. The fourth-order valence-electron chi connectivity index (χ4n) is 5.15. The van der Waals surface area contributed by atoms with E-state index in [0.717, 1.165) is 54.6 Å². The fraction of sp³-hybridized carbons (Fsp3) is 0.478. The van der Waals surface area contributed by atoms with E-state index < -0.39 is 11.4 Å². The number of piperidine rings is 1. The first-order valence-corrected chi connectivity index (χ1v) is 10.2. The van der Waals surface area contributed by atoms with Crippen LogP contribution in [0.3, 0.4) is 0 Å². The summed E-state index contributed by atoms with van der Waals surface area (Å²) >= 11 is 0. The maximum absolute atomic E-state index is 13.5. The zero-order valence-electron chi connectivity index (χ0n) is 17.3. The molecule has 5 rings (SSSR count). The molecule has 1 aromatic carbocycles. The summed E-state index contributed by atoms with van der Waals surface area (Å²) in [6, 6.07) is 8.11. The van der Waals surface area contributed by atoms with Crippen molar-refractivity contribution >= 4 is 22.8 Å². The molecule has 1 fully saturated rings. The van der Waals surface area contributed by atoms with Crippen molar-refractivity contribution in [2.75, 3.05) is 33.4 Å². The van der Waals surface area contributed by atoms with Crippen molar-refractivity contribution in [1.29, 1.82) is 0 Å². The number of allylic oxidation sites excluding steroid dienone is 1. The molecule has 2 bridgehead atoms. The van der Waals surface area contributed by atoms with E-state index in [1.54, 1.807) is 0 Å². The van der Waals surface area contributed by atoms with Gasteiger partial charge >= 0.3 is 11.9 Å². The van der Waals surface area contributed by atoms with Crippen LogP contribution in [0.15, 0.2) is 35.9 Å². The summed E-state index contributed by atoms with van der Waals surface area (Å²) in [6.45, 7) is 6.01. The van der Waals surface area contributed by atoms with Crippen LogP contribution in [0.25, 0.3) is 10.9 Å². The first-order chi connectivity index (χ1) is 14.0. The molecule has 0 spiro atoms. The number of fused-ring (bicyclic) bond motifs is 4. The number of nitrogens with one attached hydrogen (secondary N) is 1. The molecule has 4 heterocycles. The average Bonchev–Trinajstić information content (AvgIpc) is 3.14. The van der Waals surface area contributed by atoms with Gasteiger partial charge in [0.1, 0.15) is 12.0 Å². The summed E-state index contributed by atoms with van der Waals surface area (Å²) in [6.07, 6.45) is 3.74. The molecule has 1 aromatic heterocycles. The number of benzene rings is 1. The molecule has 6 nitrogen and oxygen atoms in total. The van der Waals surface area contributed by atoms with Gasteiger partial charge in [0.25, 0.3) is 0 Å². The first-order valence-electron chi connectivity index (χ1n) is 10.2. The van der Waals surface area contributed by atoms with Crippen LogP contribution < -0.4 is 0 Å². The smallest absolute Gasteiger partial charge is 0.321 e. The van der Waals surface area contributed by atoms with Crippen LogP contribution >= 0.6 is 0 Å². The van der Waals surface area contributed by atoms with Gasteiger partial charge in [0.2, 0.25) is 0 Å². The van der Waals surface area contributed by atoms with Gasteiger partial charge in [-0.15, -0.1) is 0 Å². The monoisotopic (exact) mass is 396 g/mol. The number of hydrogen-bond acceptors (Lipinski definition) is 5. The van der Waals surface area contributed by atoms with Crippen LogP contribution in [0.5, 0.6) is 0 Å². The lowest BCUT2D eigenvalue weighted by atomic mass is 9.66. The van der Waals surface area contributed by atoms with Crippen molar-refractivity contribution < 1.29 is 19.1 Å². The molecule has 2 aromatic rings. The molecule has 3 aliphatic rings. The van der Waals surface area contributed by atoms with Crippen LogP contribution in [-0.2, 0) is 30.9 Å². The number of rotatable bonds is 3. The van der Waals surface area contributed by atoms with Gasteiger partial charge in [-0.05, 0) is 37.9 Å². The zero-order valence-corrected chi connectivity index (χ0v) is 17.3. The standard InChI is InChI=1S/C23H28N2O4/c1-4-16-13-25-11-9-18-17-7-5-6-8-20(17)24-21(18)23(22(27)28-3,14-29-15(2)26)19(16)10-12-25/h4-8,19,24H,9-14H2,1-3H3/b16-4-/t19-,23-/m0/s1. The van der Waals surface area contributed by atoms with E-state index in [9.17, 15) is 9.59 Å². The number of esters is 2. The third-order valence-electron chi connectivity index (χ3n) is 6.54. The Balaban J connectivity index is 2.03. The largest absolute Gasteiger partial charge is 0.468 e. The predicted octanol–water partition coefficient (Wildman–Crippen LogP) is 2.97. The van der Waals surface area contributed by atoms with E-state index in [1.165, 1.54) is 19.6 Å². The summed E-state index contributed by atoms with van der Waals surface area (Å²) in [5, 5.41) is 1.11. The average molecular weight is 396 g/mol. The van der Waals surface area contributed by atoms with Crippen molar-refractivity contribution in [2.45, 2.75) is 32.1 Å². The number of H-pyrrole nitrogens is 1. The van der Waals surface area contributed by atoms with Crippen LogP contribution in [-0.4, -0.2) is 55.2 Å². The minimum atomic E-state index is -1.09. The zero-order chi connectivity index (χ0) is 20.6. The quantitative estimate of drug-likeness (QED) is 0.638. The van der Waals surface area contributed by atoms with Gasteiger partial charge in [-0.1, -0.05) is 29.8 Å². The van der Waals surface area contributed by atoms with Crippen molar-refractivity contribution in [2.24, 2.45) is 5.92 Å². The van der Waals surface area contributed by atoms with E-state index in [4.69, 9.17) is 9.47 Å². The van der Waals surface area contributed by atoms with E-state index in [0.29, 0.717) is 0 Å². The lowest BCUT2D eigenvalue weighted by Gasteiger charge is -2.42. The molecule has 0 saturated carbocycles. The number of carbonyl (C=O) groups excluding carboxylic acids is 2. The van der Waals surface area contributed by atoms with Gasteiger partial charge in [0.15, 0.2) is 0 Å². The van der Waals surface area contributed by atoms with Crippen molar-refractivity contribution in [3.8, 4) is 0 Å². The Bertz CT molecular complexity index is 976. The van der Waals surface area contributed by atoms with Gasteiger partial charge in [-0.3, -0.25) is 14.5 Å². The Morgan fingerprint density at radius 1 is 1.31 bits per heavy atom. The molecule has 1 saturated heterocycles. The SMILES string of the molecule is C/C=C1/CN2CCc3c([nH]c4ccccc34)[C@@](COC(C)=O)(C(=O)OC)[C@H]1CC2. The summed E-state index contributed by atoms with van der Waals surface area (Å²) in [7, 11) is 1.41. The molecule has 29 heavy (non-hydrogen) atoms. The van der Waals surface area contributed by atoms with E-state index in [-0.39, 0.29) is 18.5 Å². The highest BCUT2D eigenvalue weighted by Gasteiger charge is 2.54. The van der Waals surface area contributed by atoms with Crippen LogP contribution in [0.1, 0.15) is 31.5 Å². The fourth-order valence-corrected chi connectivity index (χ4v) is 5.15. The van der Waals surface area contributed by atoms with Crippen molar-refractivity contribution in [3.63, 3.8) is 0 Å². The predicted molar refractivity (Wildman–Crippen MR) is 111 cm³/mol. The van der Waals surface area contributed by atoms with Gasteiger partial charge in [-0.2, -0.15) is 0 Å². The minimum Gasteiger partial charge on any atom is -0.468 e. The molecule has 1 N–H and O–H groups in total. The summed E-state index contributed by atoms with van der Waals surface area (Å²) in [5.74, 6) is -0.850. The molecule has 6 heteroatoms. The van der Waals surface area contributed by atoms with Gasteiger partial charge < -0.3 is 14.5 Å². The number of para-hydroxylation sites is 1. The van der Waals surface area contributed by atoms with E-state index in [1.807, 2.05) is 25.1 Å². The highest BCUT2D eigenvalue weighted by atomic mass is 16.5. The molecule has 154 valence electrons. The normalized spacial score (nSPS) is 27.8. The van der Waals surface area contributed by atoms with Crippen molar-refractivity contribution in [3.05, 3.63) is 47.2 Å². The molecular formula is C23H28N2O4. The second kappa shape index (κ2) is 7.67. The summed E-state index contributed by atoms with van der Waals surface area (Å²) in [5.41, 5.74) is 3.04. The summed E-state index contributed by atoms with van der Waals surface area (Å²) < 4.78 is 10.9. The molecule has 3 atom stereocenters. The topological polar surface area (TPSA) is 71.6 Å². The second-order valence-corrected chi connectivity index (χ2v) is 8.00. The van der Waals surface area contributed by atoms with Gasteiger partial charge in [-0.25, -0.2) is 0 Å². The Morgan fingerprint density at radius 2 is 2.10 bits per heavy atom. The Morgan fingerprint density at radius 3 is 2.83 bits per heavy atom. The first kappa shape index (κ1) is 19.7. The second-order valence-electron chi connectivity index (χ2n) is 8.00. The highest BCUT2D eigenvalue weighted by Crippen LogP contribution is 2.46. The third kappa shape index (κ3) is 3.15.